The fraction of sp³-hybridized carbons (Fsp3) is 0. The van der Waals surface area contributed by atoms with Gasteiger partial charge in [0.2, 0.25) is 0 Å². The van der Waals surface area contributed by atoms with Crippen molar-refractivity contribution >= 4 is 45.1 Å². The Morgan fingerprint density at radius 1 is 0.889 bits per heavy atom. The van der Waals surface area contributed by atoms with E-state index in [2.05, 4.69) is 32.6 Å². The van der Waals surface area contributed by atoms with Crippen LogP contribution < -0.4 is 0 Å². The van der Waals surface area contributed by atoms with E-state index in [9.17, 15) is 0 Å². The quantitative estimate of drug-likeness (QED) is 0.466. The maximum atomic E-state index is 5.88. The molecule has 0 saturated heterocycles. The summed E-state index contributed by atoms with van der Waals surface area (Å²) in [6.45, 7) is 0. The molecule has 0 atom stereocenters. The van der Waals surface area contributed by atoms with Crippen molar-refractivity contribution in [1.29, 1.82) is 0 Å². The molecule has 3 rings (SSSR count). The highest BCUT2D eigenvalue weighted by Gasteiger charge is 2.06. The van der Waals surface area contributed by atoms with Crippen LogP contribution in [0, 0.1) is 3.70 Å². The molecule has 88 valence electrons. The summed E-state index contributed by atoms with van der Waals surface area (Å²) < 4.78 is 0.961. The summed E-state index contributed by atoms with van der Waals surface area (Å²) in [4.78, 5) is 9.11. The highest BCUT2D eigenvalue weighted by molar-refractivity contribution is 14.1. The second-order valence-corrected chi connectivity index (χ2v) is 5.32. The number of halogens is 2. The van der Waals surface area contributed by atoms with Crippen LogP contribution in [0.15, 0.2) is 48.5 Å². The number of hydrogen-bond donors (Lipinski definition) is 0. The molecule has 0 N–H and O–H groups in total. The maximum absolute atomic E-state index is 5.88. The van der Waals surface area contributed by atoms with Crippen molar-refractivity contribution in [2.75, 3.05) is 0 Å². The number of benzene rings is 2. The minimum atomic E-state index is 0.717. The Kier molecular flexibility index (Phi) is 3.18. The molecule has 0 amide bonds. The van der Waals surface area contributed by atoms with Crippen LogP contribution in [0.4, 0.5) is 0 Å². The summed E-state index contributed by atoms with van der Waals surface area (Å²) in [5, 5.41) is 1.80. The van der Waals surface area contributed by atoms with Crippen molar-refractivity contribution in [3.63, 3.8) is 0 Å². The van der Waals surface area contributed by atoms with E-state index in [1.165, 1.54) is 0 Å². The van der Waals surface area contributed by atoms with E-state index in [4.69, 9.17) is 11.6 Å². The molecule has 0 unspecified atom stereocenters. The van der Waals surface area contributed by atoms with Crippen LogP contribution in [0.1, 0.15) is 0 Å². The van der Waals surface area contributed by atoms with E-state index in [1.54, 1.807) is 0 Å². The van der Waals surface area contributed by atoms with Crippen molar-refractivity contribution in [3.05, 3.63) is 57.3 Å². The molecule has 0 aliphatic heterocycles. The number of para-hydroxylation sites is 1. The Morgan fingerprint density at radius 3 is 2.39 bits per heavy atom. The lowest BCUT2D eigenvalue weighted by Gasteiger charge is -2.04. The molecular weight excluding hydrogens is 359 g/mol. The first-order valence-corrected chi connectivity index (χ1v) is 6.88. The van der Waals surface area contributed by atoms with E-state index < -0.39 is 0 Å². The van der Waals surface area contributed by atoms with Crippen LogP contribution in [0.5, 0.6) is 0 Å². The van der Waals surface area contributed by atoms with Gasteiger partial charge in [0.15, 0.2) is 5.82 Å². The van der Waals surface area contributed by atoms with Gasteiger partial charge in [-0.25, -0.2) is 9.97 Å². The Bertz CT molecular complexity index is 711. The third-order valence-electron chi connectivity index (χ3n) is 2.66. The van der Waals surface area contributed by atoms with Gasteiger partial charge in [-0.15, -0.1) is 0 Å². The van der Waals surface area contributed by atoms with Gasteiger partial charge in [-0.1, -0.05) is 29.8 Å². The molecular formula is C14H8ClIN2. The zero-order valence-electron chi connectivity index (χ0n) is 9.27. The molecule has 2 aromatic carbocycles. The predicted octanol–water partition coefficient (Wildman–Crippen LogP) is 4.55. The van der Waals surface area contributed by atoms with Crippen LogP contribution in [0.25, 0.3) is 22.3 Å². The van der Waals surface area contributed by atoms with Crippen LogP contribution in [0.2, 0.25) is 5.02 Å². The molecule has 4 heteroatoms. The summed E-state index contributed by atoms with van der Waals surface area (Å²) in [6.07, 6.45) is 0. The average molecular weight is 367 g/mol. The Morgan fingerprint density at radius 2 is 1.61 bits per heavy atom. The third-order valence-corrected chi connectivity index (χ3v) is 3.73. The van der Waals surface area contributed by atoms with Gasteiger partial charge in [-0.3, -0.25) is 0 Å². The van der Waals surface area contributed by atoms with Crippen LogP contribution in [0.3, 0.4) is 0 Å². The number of hydrogen-bond acceptors (Lipinski definition) is 2. The molecule has 0 aliphatic rings. The average Bonchev–Trinajstić information content (AvgIpc) is 2.39. The highest BCUT2D eigenvalue weighted by Crippen LogP contribution is 2.23. The van der Waals surface area contributed by atoms with Gasteiger partial charge in [-0.05, 0) is 52.9 Å². The monoisotopic (exact) mass is 366 g/mol. The second kappa shape index (κ2) is 4.82. The number of rotatable bonds is 1. The molecule has 0 aliphatic carbocycles. The molecule has 0 saturated carbocycles. The third kappa shape index (κ3) is 2.20. The molecule has 3 aromatic rings. The number of aromatic nitrogens is 2. The summed E-state index contributed by atoms with van der Waals surface area (Å²) >= 11 is 8.12. The van der Waals surface area contributed by atoms with Gasteiger partial charge >= 0.3 is 0 Å². The van der Waals surface area contributed by atoms with E-state index in [-0.39, 0.29) is 0 Å². The zero-order chi connectivity index (χ0) is 12.5. The normalized spacial score (nSPS) is 10.8. The lowest BCUT2D eigenvalue weighted by molar-refractivity contribution is 1.20. The molecule has 2 nitrogen and oxygen atoms in total. The van der Waals surface area contributed by atoms with E-state index in [0.29, 0.717) is 5.02 Å². The SMILES string of the molecule is Clc1ccc(-c2nc(I)c3ccccc3n2)cc1. The van der Waals surface area contributed by atoms with Crippen molar-refractivity contribution in [2.45, 2.75) is 0 Å². The Hall–Kier alpha value is -1.20. The van der Waals surface area contributed by atoms with Gasteiger partial charge in [-0.2, -0.15) is 0 Å². The fourth-order valence-electron chi connectivity index (χ4n) is 1.77. The van der Waals surface area contributed by atoms with Crippen LogP contribution in [-0.2, 0) is 0 Å². The largest absolute Gasteiger partial charge is 0.228 e. The Labute approximate surface area is 123 Å². The second-order valence-electron chi connectivity index (χ2n) is 3.86. The molecule has 1 heterocycles. The molecule has 1 aromatic heterocycles. The van der Waals surface area contributed by atoms with Gasteiger partial charge in [0, 0.05) is 16.0 Å². The first-order chi connectivity index (χ1) is 8.74. The smallest absolute Gasteiger partial charge is 0.160 e. The standard InChI is InChI=1S/C14H8ClIN2/c15-10-7-5-9(6-8-10)14-17-12-4-2-1-3-11(12)13(16)18-14/h1-8H. The maximum Gasteiger partial charge on any atom is 0.160 e. The molecule has 18 heavy (non-hydrogen) atoms. The van der Waals surface area contributed by atoms with Gasteiger partial charge in [0.1, 0.15) is 3.70 Å². The van der Waals surface area contributed by atoms with Crippen molar-refractivity contribution in [3.8, 4) is 11.4 Å². The highest BCUT2D eigenvalue weighted by atomic mass is 127. The molecule has 0 radical (unpaired) electrons. The number of nitrogens with zero attached hydrogens (tertiary/aromatic N) is 2. The topological polar surface area (TPSA) is 25.8 Å². The first kappa shape index (κ1) is 11.9. The minimum absolute atomic E-state index is 0.717. The van der Waals surface area contributed by atoms with E-state index in [1.807, 2.05) is 48.5 Å². The van der Waals surface area contributed by atoms with Gasteiger partial charge < -0.3 is 0 Å². The van der Waals surface area contributed by atoms with Crippen molar-refractivity contribution in [1.82, 2.24) is 9.97 Å². The molecule has 0 bridgehead atoms. The lowest BCUT2D eigenvalue weighted by Crippen LogP contribution is -1.93. The van der Waals surface area contributed by atoms with Gasteiger partial charge in [0.25, 0.3) is 0 Å². The van der Waals surface area contributed by atoms with Crippen molar-refractivity contribution < 1.29 is 0 Å². The van der Waals surface area contributed by atoms with E-state index in [0.717, 1.165) is 26.0 Å². The summed E-state index contributed by atoms with van der Waals surface area (Å²) in [7, 11) is 0. The zero-order valence-corrected chi connectivity index (χ0v) is 12.2. The molecule has 0 fully saturated rings. The summed E-state index contributed by atoms with van der Waals surface area (Å²) in [6, 6.07) is 15.6. The summed E-state index contributed by atoms with van der Waals surface area (Å²) in [5.74, 6) is 0.731. The van der Waals surface area contributed by atoms with Gasteiger partial charge in [0.05, 0.1) is 5.52 Å². The fourth-order valence-corrected chi connectivity index (χ4v) is 2.58. The lowest BCUT2D eigenvalue weighted by atomic mass is 10.2. The Balaban J connectivity index is 2.21. The molecule has 0 spiro atoms. The van der Waals surface area contributed by atoms with Crippen LogP contribution >= 0.6 is 34.2 Å². The predicted molar refractivity (Wildman–Crippen MR) is 82.7 cm³/mol. The van der Waals surface area contributed by atoms with E-state index >= 15 is 0 Å². The summed E-state index contributed by atoms with van der Waals surface area (Å²) in [5.41, 5.74) is 1.94. The number of fused-ring (bicyclic) bond motifs is 1. The van der Waals surface area contributed by atoms with Crippen molar-refractivity contribution in [2.24, 2.45) is 0 Å². The van der Waals surface area contributed by atoms with Crippen LogP contribution in [-0.4, -0.2) is 9.97 Å². The first-order valence-electron chi connectivity index (χ1n) is 5.42. The minimum Gasteiger partial charge on any atom is -0.228 e.